The van der Waals surface area contributed by atoms with Crippen LogP contribution in [-0.4, -0.2) is 39.9 Å². The number of fused-ring (bicyclic) bond motifs is 1. The molecular formula is C9H13NO2. The third kappa shape index (κ3) is 0.778. The smallest absolute Gasteiger partial charge is 0.116 e. The average molecular weight is 167 g/mol. The summed E-state index contributed by atoms with van der Waals surface area (Å²) in [6, 6.07) is -0.0903. The molecule has 0 aromatic rings. The Morgan fingerprint density at radius 3 is 2.58 bits per heavy atom. The Bertz CT molecular complexity index is 249. The third-order valence-corrected chi connectivity index (χ3v) is 2.78. The summed E-state index contributed by atoms with van der Waals surface area (Å²) < 4.78 is 0. The molecule has 1 unspecified atom stereocenters. The molecule has 0 aromatic carbocycles. The maximum atomic E-state index is 9.55. The van der Waals surface area contributed by atoms with Crippen molar-refractivity contribution < 1.29 is 10.2 Å². The fourth-order valence-electron chi connectivity index (χ4n) is 2.08. The zero-order chi connectivity index (χ0) is 8.88. The quantitative estimate of drug-likeness (QED) is 0.494. The van der Waals surface area contributed by atoms with Crippen LogP contribution < -0.4 is 0 Å². The lowest BCUT2D eigenvalue weighted by Crippen LogP contribution is -2.28. The van der Waals surface area contributed by atoms with Gasteiger partial charge in [-0.1, -0.05) is 13.2 Å². The lowest BCUT2D eigenvalue weighted by molar-refractivity contribution is 0.155. The zero-order valence-corrected chi connectivity index (χ0v) is 6.90. The van der Waals surface area contributed by atoms with Gasteiger partial charge in [-0.25, -0.2) is 0 Å². The first-order valence-corrected chi connectivity index (χ1v) is 4.13. The Balaban J connectivity index is 2.32. The highest BCUT2D eigenvalue weighted by atomic mass is 16.3. The SMILES string of the molecule is C=C1C2[C@@H](O)CCN2C(=C)[C@H]1O. The van der Waals surface area contributed by atoms with Crippen molar-refractivity contribution in [2.45, 2.75) is 24.7 Å². The first-order valence-electron chi connectivity index (χ1n) is 4.13. The van der Waals surface area contributed by atoms with E-state index < -0.39 is 6.10 Å². The van der Waals surface area contributed by atoms with Crippen LogP contribution in [0.25, 0.3) is 0 Å². The van der Waals surface area contributed by atoms with Crippen molar-refractivity contribution in [3.8, 4) is 0 Å². The maximum Gasteiger partial charge on any atom is 0.116 e. The van der Waals surface area contributed by atoms with E-state index in [1.807, 2.05) is 4.90 Å². The summed E-state index contributed by atoms with van der Waals surface area (Å²) in [5.41, 5.74) is 1.37. The normalized spacial score (nSPS) is 40.8. The van der Waals surface area contributed by atoms with Crippen LogP contribution in [0.2, 0.25) is 0 Å². The van der Waals surface area contributed by atoms with Crippen molar-refractivity contribution in [2.24, 2.45) is 0 Å². The molecule has 2 aliphatic rings. The molecule has 0 saturated carbocycles. The standard InChI is InChI=1S/C9H13NO2/c1-5-8-7(11)3-4-10(8)6(2)9(5)12/h7-9,11-12H,1-4H2/t7-,8?,9-/m0/s1. The molecular weight excluding hydrogens is 154 g/mol. The number of rotatable bonds is 0. The molecule has 0 aliphatic carbocycles. The van der Waals surface area contributed by atoms with Crippen LogP contribution >= 0.6 is 0 Å². The molecule has 2 fully saturated rings. The fourth-order valence-corrected chi connectivity index (χ4v) is 2.08. The molecule has 2 rings (SSSR count). The van der Waals surface area contributed by atoms with Crippen LogP contribution in [0.5, 0.6) is 0 Å². The minimum absolute atomic E-state index is 0.0903. The van der Waals surface area contributed by atoms with Crippen molar-refractivity contribution in [1.82, 2.24) is 4.90 Å². The summed E-state index contributed by atoms with van der Waals surface area (Å²) in [6.07, 6.45) is -0.286. The summed E-state index contributed by atoms with van der Waals surface area (Å²) in [6.45, 7) is 8.31. The number of hydrogen-bond acceptors (Lipinski definition) is 3. The van der Waals surface area contributed by atoms with Crippen molar-refractivity contribution >= 4 is 0 Å². The molecule has 0 radical (unpaired) electrons. The van der Waals surface area contributed by atoms with Crippen LogP contribution in [0.15, 0.2) is 24.4 Å². The van der Waals surface area contributed by atoms with Crippen LogP contribution in [-0.2, 0) is 0 Å². The van der Waals surface area contributed by atoms with E-state index in [1.54, 1.807) is 0 Å². The van der Waals surface area contributed by atoms with E-state index in [2.05, 4.69) is 13.2 Å². The second-order valence-corrected chi connectivity index (χ2v) is 3.46. The number of nitrogens with zero attached hydrogens (tertiary/aromatic N) is 1. The minimum atomic E-state index is -0.648. The lowest BCUT2D eigenvalue weighted by atomic mass is 10.0. The summed E-state index contributed by atoms with van der Waals surface area (Å²) in [7, 11) is 0. The second-order valence-electron chi connectivity index (χ2n) is 3.46. The van der Waals surface area contributed by atoms with E-state index in [1.165, 1.54) is 0 Å². The highest BCUT2D eigenvalue weighted by Gasteiger charge is 2.44. The topological polar surface area (TPSA) is 43.7 Å². The molecule has 0 aromatic heterocycles. The monoisotopic (exact) mass is 167 g/mol. The van der Waals surface area contributed by atoms with E-state index in [4.69, 9.17) is 0 Å². The van der Waals surface area contributed by atoms with E-state index in [0.717, 1.165) is 13.0 Å². The maximum absolute atomic E-state index is 9.55. The molecule has 2 N–H and O–H groups in total. The highest BCUT2D eigenvalue weighted by Crippen LogP contribution is 2.37. The molecule has 2 saturated heterocycles. The van der Waals surface area contributed by atoms with Gasteiger partial charge in [0.25, 0.3) is 0 Å². The Morgan fingerprint density at radius 1 is 1.33 bits per heavy atom. The van der Waals surface area contributed by atoms with E-state index >= 15 is 0 Å². The Hall–Kier alpha value is -0.800. The molecule has 2 heterocycles. The summed E-state index contributed by atoms with van der Waals surface area (Å²) in [5.74, 6) is 0. The van der Waals surface area contributed by atoms with Crippen molar-refractivity contribution in [3.05, 3.63) is 24.4 Å². The Kier molecular flexibility index (Phi) is 1.53. The zero-order valence-electron chi connectivity index (χ0n) is 6.90. The van der Waals surface area contributed by atoms with Gasteiger partial charge in [0.1, 0.15) is 6.10 Å². The average Bonchev–Trinajstić information content (AvgIpc) is 2.51. The van der Waals surface area contributed by atoms with Gasteiger partial charge in [-0.2, -0.15) is 0 Å². The first kappa shape index (κ1) is 7.83. The summed E-state index contributed by atoms with van der Waals surface area (Å²) in [4.78, 5) is 1.94. The highest BCUT2D eigenvalue weighted by molar-refractivity contribution is 5.34. The van der Waals surface area contributed by atoms with Gasteiger partial charge >= 0.3 is 0 Å². The van der Waals surface area contributed by atoms with Crippen LogP contribution in [0.1, 0.15) is 6.42 Å². The van der Waals surface area contributed by atoms with Gasteiger partial charge in [0.2, 0.25) is 0 Å². The van der Waals surface area contributed by atoms with E-state index in [-0.39, 0.29) is 12.1 Å². The number of aliphatic hydroxyl groups is 2. The van der Waals surface area contributed by atoms with Crippen LogP contribution in [0.3, 0.4) is 0 Å². The molecule has 12 heavy (non-hydrogen) atoms. The molecule has 0 bridgehead atoms. The third-order valence-electron chi connectivity index (χ3n) is 2.78. The van der Waals surface area contributed by atoms with E-state index in [9.17, 15) is 10.2 Å². The number of aliphatic hydroxyl groups excluding tert-OH is 2. The van der Waals surface area contributed by atoms with Crippen LogP contribution in [0, 0.1) is 0 Å². The van der Waals surface area contributed by atoms with Crippen molar-refractivity contribution in [3.63, 3.8) is 0 Å². The van der Waals surface area contributed by atoms with Gasteiger partial charge in [-0.05, 0) is 12.0 Å². The molecule has 3 nitrogen and oxygen atoms in total. The van der Waals surface area contributed by atoms with Crippen LogP contribution in [0.4, 0.5) is 0 Å². The van der Waals surface area contributed by atoms with Gasteiger partial charge in [-0.3, -0.25) is 0 Å². The minimum Gasteiger partial charge on any atom is -0.391 e. The molecule has 0 amide bonds. The van der Waals surface area contributed by atoms with Gasteiger partial charge in [0.15, 0.2) is 0 Å². The second kappa shape index (κ2) is 2.34. The summed E-state index contributed by atoms with van der Waals surface area (Å²) >= 11 is 0. The molecule has 2 aliphatic heterocycles. The van der Waals surface area contributed by atoms with Gasteiger partial charge < -0.3 is 15.1 Å². The number of hydrogen-bond donors (Lipinski definition) is 2. The van der Waals surface area contributed by atoms with Gasteiger partial charge in [0, 0.05) is 12.2 Å². The van der Waals surface area contributed by atoms with Crippen molar-refractivity contribution in [1.29, 1.82) is 0 Å². The molecule has 0 spiro atoms. The predicted molar refractivity (Wildman–Crippen MR) is 45.4 cm³/mol. The van der Waals surface area contributed by atoms with E-state index in [0.29, 0.717) is 11.3 Å². The Morgan fingerprint density at radius 2 is 2.00 bits per heavy atom. The van der Waals surface area contributed by atoms with Gasteiger partial charge in [0.05, 0.1) is 12.1 Å². The Labute approximate surface area is 71.6 Å². The molecule has 3 heteroatoms. The molecule has 3 atom stereocenters. The fraction of sp³-hybridized carbons (Fsp3) is 0.556. The van der Waals surface area contributed by atoms with Gasteiger partial charge in [-0.15, -0.1) is 0 Å². The summed E-state index contributed by atoms with van der Waals surface area (Å²) in [5, 5.41) is 19.1. The molecule has 66 valence electrons. The predicted octanol–water partition coefficient (Wildman–Crippen LogP) is -0.134. The first-order chi connectivity index (χ1) is 5.63. The lowest BCUT2D eigenvalue weighted by Gasteiger charge is -2.19. The van der Waals surface area contributed by atoms with Crippen molar-refractivity contribution in [2.75, 3.05) is 6.54 Å². The largest absolute Gasteiger partial charge is 0.391 e.